The number of aliphatic carboxylic acids is 2. The van der Waals surface area contributed by atoms with Crippen molar-refractivity contribution in [2.24, 2.45) is 0 Å². The number of aliphatic hydroxyl groups is 1. The number of hydrogen-bond acceptors (Lipinski definition) is 7. The highest BCUT2D eigenvalue weighted by Gasteiger charge is 2.57. The predicted molar refractivity (Wildman–Crippen MR) is 110 cm³/mol. The Kier molecular flexibility index (Phi) is 6.55. The number of benzene rings is 2. The van der Waals surface area contributed by atoms with Crippen LogP contribution in [0.4, 0.5) is 0 Å². The first-order chi connectivity index (χ1) is 14.2. The van der Waals surface area contributed by atoms with Crippen molar-refractivity contribution in [1.29, 1.82) is 0 Å². The molecule has 1 heterocycles. The van der Waals surface area contributed by atoms with Gasteiger partial charge in [0.15, 0.2) is 11.5 Å². The van der Waals surface area contributed by atoms with Crippen LogP contribution in [0.3, 0.4) is 0 Å². The summed E-state index contributed by atoms with van der Waals surface area (Å²) in [5.74, 6) is -6.10. The predicted octanol–water partition coefficient (Wildman–Crippen LogP) is 2.30. The van der Waals surface area contributed by atoms with E-state index in [1.807, 2.05) is 37.4 Å². The van der Waals surface area contributed by atoms with Gasteiger partial charge >= 0.3 is 17.7 Å². The van der Waals surface area contributed by atoms with Crippen LogP contribution in [0.25, 0.3) is 0 Å². The highest BCUT2D eigenvalue weighted by atomic mass is 32.2. The van der Waals surface area contributed by atoms with Gasteiger partial charge in [0.05, 0.1) is 6.10 Å². The molecule has 0 aliphatic carbocycles. The van der Waals surface area contributed by atoms with Gasteiger partial charge in [-0.3, -0.25) is 0 Å². The lowest BCUT2D eigenvalue weighted by molar-refractivity contribution is -0.194. The van der Waals surface area contributed by atoms with E-state index in [-0.39, 0.29) is 17.5 Å². The monoisotopic (exact) mass is 433 g/mol. The van der Waals surface area contributed by atoms with Crippen LogP contribution in [0.2, 0.25) is 0 Å². The number of ether oxygens (including phenoxy) is 2. The summed E-state index contributed by atoms with van der Waals surface area (Å²) in [7, 11) is 0. The van der Waals surface area contributed by atoms with E-state index in [2.05, 4.69) is 5.32 Å². The number of rotatable bonds is 9. The Morgan fingerprint density at radius 2 is 1.70 bits per heavy atom. The van der Waals surface area contributed by atoms with Gasteiger partial charge in [0.2, 0.25) is 0 Å². The fraction of sp³-hybridized carbons (Fsp3) is 0.333. The molecular weight excluding hydrogens is 410 g/mol. The van der Waals surface area contributed by atoms with Crippen molar-refractivity contribution in [2.75, 3.05) is 12.8 Å². The van der Waals surface area contributed by atoms with E-state index in [4.69, 9.17) is 9.47 Å². The van der Waals surface area contributed by atoms with Crippen molar-refractivity contribution >= 4 is 23.7 Å². The van der Waals surface area contributed by atoms with Crippen molar-refractivity contribution in [3.8, 4) is 11.5 Å². The molecular formula is C21H23NO7S. The molecule has 0 amide bonds. The van der Waals surface area contributed by atoms with Crippen LogP contribution < -0.4 is 14.8 Å². The fourth-order valence-corrected chi connectivity index (χ4v) is 3.53. The second-order valence-electron chi connectivity index (χ2n) is 7.01. The van der Waals surface area contributed by atoms with Crippen LogP contribution in [0.15, 0.2) is 47.4 Å². The van der Waals surface area contributed by atoms with E-state index in [0.717, 1.165) is 16.0 Å². The maximum atomic E-state index is 11.3. The maximum Gasteiger partial charge on any atom is 0.453 e. The summed E-state index contributed by atoms with van der Waals surface area (Å²) in [4.78, 5) is 23.8. The van der Waals surface area contributed by atoms with Crippen molar-refractivity contribution in [3.05, 3.63) is 53.6 Å². The summed E-state index contributed by atoms with van der Waals surface area (Å²) in [5.41, 5.74) is 1.64. The Bertz CT molecular complexity index is 917. The topological polar surface area (TPSA) is 125 Å². The lowest BCUT2D eigenvalue weighted by Crippen LogP contribution is -2.54. The summed E-state index contributed by atoms with van der Waals surface area (Å²) in [6, 6.07) is 12.5. The molecule has 2 unspecified atom stereocenters. The maximum absolute atomic E-state index is 11.3. The average molecular weight is 433 g/mol. The average Bonchev–Trinajstić information content (AvgIpc) is 3.12. The first-order valence-corrected chi connectivity index (χ1v) is 10.5. The summed E-state index contributed by atoms with van der Waals surface area (Å²) in [6.45, 7) is 2.32. The number of thioether (sulfide) groups is 1. The Morgan fingerprint density at radius 3 is 2.30 bits per heavy atom. The van der Waals surface area contributed by atoms with Crippen molar-refractivity contribution in [2.45, 2.75) is 36.2 Å². The van der Waals surface area contributed by atoms with Gasteiger partial charge in [0.25, 0.3) is 0 Å². The van der Waals surface area contributed by atoms with Crippen LogP contribution in [0, 0.1) is 0 Å². The molecule has 0 bridgehead atoms. The van der Waals surface area contributed by atoms with Gasteiger partial charge in [0.1, 0.15) is 0 Å². The summed E-state index contributed by atoms with van der Waals surface area (Å²) >= 11 is 1.64. The molecule has 30 heavy (non-hydrogen) atoms. The Morgan fingerprint density at radius 1 is 1.07 bits per heavy atom. The molecule has 1 aliphatic heterocycles. The second kappa shape index (κ2) is 8.95. The molecule has 2 aromatic rings. The quantitative estimate of drug-likeness (QED) is 0.348. The highest BCUT2D eigenvalue weighted by molar-refractivity contribution is 7.98. The fourth-order valence-electron chi connectivity index (χ4n) is 3.12. The summed E-state index contributed by atoms with van der Waals surface area (Å²) in [6.07, 6.45) is 1.91. The van der Waals surface area contributed by atoms with Gasteiger partial charge in [-0.2, -0.15) is 0 Å². The van der Waals surface area contributed by atoms with E-state index in [9.17, 15) is 24.9 Å². The number of carboxylic acid groups (broad SMARTS) is 2. The Balaban J connectivity index is 1.58. The van der Waals surface area contributed by atoms with E-state index >= 15 is 0 Å². The van der Waals surface area contributed by atoms with Crippen LogP contribution in [-0.2, 0) is 16.0 Å². The Labute approximate surface area is 177 Å². The molecule has 0 spiro atoms. The number of carboxylic acids is 2. The highest BCUT2D eigenvalue weighted by Crippen LogP contribution is 2.40. The number of carbonyl (C=O) groups is 2. The summed E-state index contributed by atoms with van der Waals surface area (Å²) < 4.78 is 10.2. The lowest BCUT2D eigenvalue weighted by Gasteiger charge is -2.18. The Hall–Kier alpha value is -2.75. The third-order valence-corrected chi connectivity index (χ3v) is 5.52. The van der Waals surface area contributed by atoms with Gasteiger partial charge in [-0.15, -0.1) is 11.8 Å². The number of hydrogen-bond donors (Lipinski definition) is 4. The minimum absolute atomic E-state index is 0.00537. The van der Waals surface area contributed by atoms with E-state index in [1.54, 1.807) is 23.9 Å². The zero-order valence-corrected chi connectivity index (χ0v) is 17.3. The minimum atomic E-state index is -2.76. The van der Waals surface area contributed by atoms with Gasteiger partial charge in [-0.25, -0.2) is 9.59 Å². The minimum Gasteiger partial charge on any atom is -0.475 e. The molecule has 9 heteroatoms. The molecule has 160 valence electrons. The van der Waals surface area contributed by atoms with Gasteiger partial charge in [-0.05, 0) is 55.0 Å². The van der Waals surface area contributed by atoms with E-state index in [1.165, 1.54) is 6.07 Å². The molecule has 3 rings (SSSR count). The van der Waals surface area contributed by atoms with Crippen molar-refractivity contribution < 1.29 is 34.4 Å². The SMILES string of the molecule is CSc1ccc(C(O)CNC(C)Cc2ccc3c(c2)OC(C(=O)O)(C(=O)O)O3)cc1. The van der Waals surface area contributed by atoms with Gasteiger partial charge < -0.3 is 30.1 Å². The molecule has 0 radical (unpaired) electrons. The van der Waals surface area contributed by atoms with Crippen LogP contribution in [-0.4, -0.2) is 51.9 Å². The molecule has 2 aromatic carbocycles. The molecule has 0 fully saturated rings. The molecule has 8 nitrogen and oxygen atoms in total. The standard InChI is InChI=1S/C21H23NO7S/c1-12(22-11-16(23)14-4-6-15(30-2)7-5-14)9-13-3-8-17-18(10-13)29-21(28-17,19(24)25)20(26)27/h3-8,10,12,16,22-23H,9,11H2,1-2H3,(H,24,25)(H,26,27). The normalized spacial score (nSPS) is 16.1. The lowest BCUT2D eigenvalue weighted by atomic mass is 10.1. The zero-order chi connectivity index (χ0) is 21.9. The van der Waals surface area contributed by atoms with E-state index < -0.39 is 23.8 Å². The third-order valence-electron chi connectivity index (χ3n) is 4.78. The molecule has 4 N–H and O–H groups in total. The first-order valence-electron chi connectivity index (χ1n) is 9.28. The summed E-state index contributed by atoms with van der Waals surface area (Å²) in [5, 5.41) is 32.0. The largest absolute Gasteiger partial charge is 0.475 e. The number of fused-ring (bicyclic) bond motifs is 1. The van der Waals surface area contributed by atoms with Gasteiger partial charge in [0, 0.05) is 17.5 Å². The molecule has 2 atom stereocenters. The first kappa shape index (κ1) is 21.9. The number of nitrogens with one attached hydrogen (secondary N) is 1. The smallest absolute Gasteiger partial charge is 0.453 e. The van der Waals surface area contributed by atoms with Crippen molar-refractivity contribution in [3.63, 3.8) is 0 Å². The third kappa shape index (κ3) is 4.53. The second-order valence-corrected chi connectivity index (χ2v) is 7.89. The molecule has 0 saturated heterocycles. The zero-order valence-electron chi connectivity index (χ0n) is 16.5. The van der Waals surface area contributed by atoms with Crippen LogP contribution in [0.1, 0.15) is 24.2 Å². The molecule has 0 aromatic heterocycles. The van der Waals surface area contributed by atoms with Crippen molar-refractivity contribution in [1.82, 2.24) is 5.32 Å². The van der Waals surface area contributed by atoms with E-state index in [0.29, 0.717) is 13.0 Å². The van der Waals surface area contributed by atoms with Crippen LogP contribution in [0.5, 0.6) is 11.5 Å². The number of aliphatic hydroxyl groups excluding tert-OH is 1. The van der Waals surface area contributed by atoms with Gasteiger partial charge in [-0.1, -0.05) is 18.2 Å². The van der Waals surface area contributed by atoms with Crippen LogP contribution >= 0.6 is 11.8 Å². The molecule has 0 saturated carbocycles. The molecule has 1 aliphatic rings.